The lowest BCUT2D eigenvalue weighted by Crippen LogP contribution is -2.48. The van der Waals surface area contributed by atoms with Crippen LogP contribution in [-0.2, 0) is 6.54 Å². The molecule has 0 bridgehead atoms. The van der Waals surface area contributed by atoms with Crippen molar-refractivity contribution in [2.75, 3.05) is 26.2 Å². The fourth-order valence-corrected chi connectivity index (χ4v) is 4.15. The molecule has 23 heavy (non-hydrogen) atoms. The monoisotopic (exact) mass is 400 g/mol. The second kappa shape index (κ2) is 7.07. The number of rotatable bonds is 3. The second-order valence-corrected chi connectivity index (χ2v) is 7.98. The molecular weight excluding hydrogens is 386 g/mol. The van der Waals surface area contributed by atoms with E-state index >= 15 is 0 Å². The summed E-state index contributed by atoms with van der Waals surface area (Å²) in [5, 5.41) is 0. The summed E-state index contributed by atoms with van der Waals surface area (Å²) >= 11 is 5.15. The Morgan fingerprint density at radius 1 is 1.09 bits per heavy atom. The number of piperazine rings is 1. The molecule has 0 saturated carbocycles. The molecule has 2 aromatic rings. The number of amides is 1. The zero-order chi connectivity index (χ0) is 16.4. The lowest BCUT2D eigenvalue weighted by molar-refractivity contribution is 0.0628. The molecule has 0 N–H and O–H groups in total. The number of benzene rings is 1. The van der Waals surface area contributed by atoms with Gasteiger partial charge in [0.05, 0.1) is 3.79 Å². The summed E-state index contributed by atoms with van der Waals surface area (Å²) in [5.74, 6) is -1.77. The van der Waals surface area contributed by atoms with Gasteiger partial charge in [0.15, 0.2) is 0 Å². The largest absolute Gasteiger partial charge is 0.336 e. The Balaban J connectivity index is 1.58. The van der Waals surface area contributed by atoms with E-state index in [2.05, 4.69) is 26.9 Å². The van der Waals surface area contributed by atoms with Gasteiger partial charge >= 0.3 is 0 Å². The van der Waals surface area contributed by atoms with Crippen LogP contribution in [0.25, 0.3) is 0 Å². The maximum atomic E-state index is 13.2. The molecule has 0 radical (unpaired) electrons. The summed E-state index contributed by atoms with van der Waals surface area (Å²) in [4.78, 5) is 17.5. The van der Waals surface area contributed by atoms with E-state index in [1.807, 2.05) is 6.07 Å². The highest BCUT2D eigenvalue weighted by Crippen LogP contribution is 2.23. The van der Waals surface area contributed by atoms with Gasteiger partial charge in [0.25, 0.3) is 5.91 Å². The average molecular weight is 401 g/mol. The predicted molar refractivity (Wildman–Crippen MR) is 89.6 cm³/mol. The van der Waals surface area contributed by atoms with Crippen LogP contribution in [0.3, 0.4) is 0 Å². The molecule has 122 valence electrons. The van der Waals surface area contributed by atoms with E-state index < -0.39 is 11.6 Å². The normalized spacial score (nSPS) is 15.9. The number of thiophene rings is 1. The third-order valence-electron chi connectivity index (χ3n) is 3.78. The maximum Gasteiger partial charge on any atom is 0.254 e. The van der Waals surface area contributed by atoms with Crippen molar-refractivity contribution in [2.24, 2.45) is 0 Å². The minimum absolute atomic E-state index is 0.0677. The summed E-state index contributed by atoms with van der Waals surface area (Å²) in [6, 6.07) is 7.05. The average Bonchev–Trinajstić information content (AvgIpc) is 2.91. The van der Waals surface area contributed by atoms with Crippen LogP contribution in [0.4, 0.5) is 8.78 Å². The first kappa shape index (κ1) is 16.5. The van der Waals surface area contributed by atoms with Crippen molar-refractivity contribution < 1.29 is 13.6 Å². The van der Waals surface area contributed by atoms with Crippen LogP contribution in [-0.4, -0.2) is 41.9 Å². The van der Waals surface area contributed by atoms with Gasteiger partial charge < -0.3 is 4.90 Å². The summed E-state index contributed by atoms with van der Waals surface area (Å²) < 4.78 is 27.6. The second-order valence-electron chi connectivity index (χ2n) is 5.43. The first-order chi connectivity index (χ1) is 11.0. The highest BCUT2D eigenvalue weighted by Gasteiger charge is 2.23. The topological polar surface area (TPSA) is 23.6 Å². The molecule has 1 aromatic heterocycles. The fourth-order valence-electron chi connectivity index (χ4n) is 2.63. The molecule has 3 nitrogen and oxygen atoms in total. The summed E-state index contributed by atoms with van der Waals surface area (Å²) in [6.07, 6.45) is 0. The van der Waals surface area contributed by atoms with E-state index in [-0.39, 0.29) is 11.5 Å². The molecule has 1 amide bonds. The number of carbonyl (C=O) groups excluding carboxylic acids is 1. The van der Waals surface area contributed by atoms with Crippen LogP contribution >= 0.6 is 27.3 Å². The SMILES string of the molecule is O=C(c1cc(F)cc(F)c1)N1CCN(Cc2ccc(Br)s2)CC1. The lowest BCUT2D eigenvalue weighted by atomic mass is 10.1. The highest BCUT2D eigenvalue weighted by atomic mass is 79.9. The first-order valence-electron chi connectivity index (χ1n) is 7.23. The third kappa shape index (κ3) is 4.16. The molecule has 1 aromatic carbocycles. The van der Waals surface area contributed by atoms with Gasteiger partial charge in [0, 0.05) is 49.2 Å². The number of halogens is 3. The molecule has 7 heteroatoms. The molecule has 0 aliphatic carbocycles. The summed E-state index contributed by atoms with van der Waals surface area (Å²) in [7, 11) is 0. The van der Waals surface area contributed by atoms with Crippen molar-refractivity contribution in [3.63, 3.8) is 0 Å². The van der Waals surface area contributed by atoms with Crippen molar-refractivity contribution >= 4 is 33.2 Å². The molecule has 0 atom stereocenters. The van der Waals surface area contributed by atoms with Crippen molar-refractivity contribution in [3.8, 4) is 0 Å². The highest BCUT2D eigenvalue weighted by molar-refractivity contribution is 9.11. The van der Waals surface area contributed by atoms with Crippen LogP contribution in [0.5, 0.6) is 0 Å². The smallest absolute Gasteiger partial charge is 0.254 e. The molecule has 0 spiro atoms. The van der Waals surface area contributed by atoms with Crippen LogP contribution < -0.4 is 0 Å². The van der Waals surface area contributed by atoms with Crippen LogP contribution in [0.15, 0.2) is 34.1 Å². The van der Waals surface area contributed by atoms with Gasteiger partial charge in [-0.15, -0.1) is 11.3 Å². The van der Waals surface area contributed by atoms with E-state index in [1.54, 1.807) is 16.2 Å². The van der Waals surface area contributed by atoms with Crippen LogP contribution in [0, 0.1) is 11.6 Å². The van der Waals surface area contributed by atoms with E-state index in [1.165, 1.54) is 4.88 Å². The van der Waals surface area contributed by atoms with Gasteiger partial charge in [-0.05, 0) is 40.2 Å². The first-order valence-corrected chi connectivity index (χ1v) is 8.84. The fraction of sp³-hybridized carbons (Fsp3) is 0.312. The summed E-state index contributed by atoms with van der Waals surface area (Å²) in [5.41, 5.74) is 0.0677. The Labute approximate surface area is 145 Å². The van der Waals surface area contributed by atoms with E-state index in [0.717, 1.165) is 41.6 Å². The van der Waals surface area contributed by atoms with Gasteiger partial charge in [0.2, 0.25) is 0 Å². The van der Waals surface area contributed by atoms with Gasteiger partial charge in [-0.1, -0.05) is 0 Å². The zero-order valence-corrected chi connectivity index (χ0v) is 14.7. The third-order valence-corrected chi connectivity index (χ3v) is 5.39. The lowest BCUT2D eigenvalue weighted by Gasteiger charge is -2.34. The maximum absolute atomic E-state index is 13.2. The van der Waals surface area contributed by atoms with Gasteiger partial charge in [-0.25, -0.2) is 8.78 Å². The number of nitrogens with zero attached hydrogens (tertiary/aromatic N) is 2. The minimum atomic E-state index is -0.727. The summed E-state index contributed by atoms with van der Waals surface area (Å²) in [6.45, 7) is 3.47. The molecule has 1 saturated heterocycles. The van der Waals surface area contributed by atoms with E-state index in [0.29, 0.717) is 13.1 Å². The van der Waals surface area contributed by atoms with E-state index in [9.17, 15) is 13.6 Å². The van der Waals surface area contributed by atoms with Crippen molar-refractivity contribution in [1.29, 1.82) is 0 Å². The Hall–Kier alpha value is -1.31. The van der Waals surface area contributed by atoms with Crippen molar-refractivity contribution in [3.05, 3.63) is 56.2 Å². The Kier molecular flexibility index (Phi) is 5.08. The Morgan fingerprint density at radius 3 is 2.30 bits per heavy atom. The molecule has 1 aliphatic heterocycles. The number of carbonyl (C=O) groups is 1. The predicted octanol–water partition coefficient (Wildman–Crippen LogP) is 3.75. The molecule has 0 unspecified atom stereocenters. The van der Waals surface area contributed by atoms with Gasteiger partial charge in [0.1, 0.15) is 11.6 Å². The molecule has 2 heterocycles. The Morgan fingerprint density at radius 2 is 1.74 bits per heavy atom. The van der Waals surface area contributed by atoms with Crippen molar-refractivity contribution in [2.45, 2.75) is 6.54 Å². The molecule has 1 fully saturated rings. The number of hydrogen-bond acceptors (Lipinski definition) is 3. The van der Waals surface area contributed by atoms with Gasteiger partial charge in [-0.3, -0.25) is 9.69 Å². The van der Waals surface area contributed by atoms with Crippen LogP contribution in [0.1, 0.15) is 15.2 Å². The van der Waals surface area contributed by atoms with Crippen molar-refractivity contribution in [1.82, 2.24) is 9.80 Å². The number of hydrogen-bond donors (Lipinski definition) is 0. The molecule has 3 rings (SSSR count). The van der Waals surface area contributed by atoms with Gasteiger partial charge in [-0.2, -0.15) is 0 Å². The van der Waals surface area contributed by atoms with E-state index in [4.69, 9.17) is 0 Å². The Bertz CT molecular complexity index is 694. The van der Waals surface area contributed by atoms with Crippen LogP contribution in [0.2, 0.25) is 0 Å². The zero-order valence-electron chi connectivity index (χ0n) is 12.3. The quantitative estimate of drug-likeness (QED) is 0.783. The minimum Gasteiger partial charge on any atom is -0.336 e. The molecule has 1 aliphatic rings. The standard InChI is InChI=1S/C16H15BrF2N2OS/c17-15-2-1-14(23-15)10-20-3-5-21(6-4-20)16(22)11-7-12(18)9-13(19)8-11/h1-2,7-9H,3-6,10H2. The molecular formula is C16H15BrF2N2OS.